The van der Waals surface area contributed by atoms with E-state index >= 15 is 0 Å². The van der Waals surface area contributed by atoms with Gasteiger partial charge in [-0.05, 0) is 18.6 Å². The summed E-state index contributed by atoms with van der Waals surface area (Å²) in [4.78, 5) is 4.34. The van der Waals surface area contributed by atoms with Gasteiger partial charge in [0.25, 0.3) is 0 Å². The largest absolute Gasteiger partial charge is 0.506 e. The smallest absolute Gasteiger partial charge is 0.175 e. The predicted octanol–water partition coefficient (Wildman–Crippen LogP) is 2.15. The average molecular weight is 305 g/mol. The molecule has 0 fully saturated rings. The molecule has 1 aromatic carbocycles. The lowest BCUT2D eigenvalue weighted by molar-refractivity contribution is 0.478. The molecule has 1 atom stereocenters. The van der Waals surface area contributed by atoms with Crippen LogP contribution in [0.4, 0.5) is 5.69 Å². The van der Waals surface area contributed by atoms with Crippen molar-refractivity contribution in [2.75, 3.05) is 5.32 Å². The highest BCUT2D eigenvalue weighted by molar-refractivity contribution is 6.30. The third kappa shape index (κ3) is 3.19. The van der Waals surface area contributed by atoms with Gasteiger partial charge in [-0.3, -0.25) is 0 Å². The Hall–Kier alpha value is -2.41. The Kier molecular flexibility index (Phi) is 3.83. The van der Waals surface area contributed by atoms with Gasteiger partial charge in [-0.25, -0.2) is 4.99 Å². The first kappa shape index (κ1) is 13.6. The number of halogens is 1. The zero-order valence-electron chi connectivity index (χ0n) is 11.0. The maximum atomic E-state index is 9.91. The maximum Gasteiger partial charge on any atom is 0.175 e. The van der Waals surface area contributed by atoms with E-state index in [4.69, 9.17) is 11.6 Å². The maximum absolute atomic E-state index is 9.91. The van der Waals surface area contributed by atoms with Crippen molar-refractivity contribution in [3.8, 4) is 5.75 Å². The molecular formula is C13H13ClN6O. The summed E-state index contributed by atoms with van der Waals surface area (Å²) in [7, 11) is 0. The fourth-order valence-electron chi connectivity index (χ4n) is 2.13. The molecule has 0 amide bonds. The number of tetrazole rings is 1. The second kappa shape index (κ2) is 5.92. The van der Waals surface area contributed by atoms with E-state index in [9.17, 15) is 5.11 Å². The molecule has 0 saturated carbocycles. The molecule has 2 heterocycles. The minimum absolute atomic E-state index is 0.0815. The molecule has 7 nitrogen and oxygen atoms in total. The number of aromatic amines is 1. The lowest BCUT2D eigenvalue weighted by Gasteiger charge is -2.20. The second-order valence-corrected chi connectivity index (χ2v) is 5.09. The topological polar surface area (TPSA) is 99.1 Å². The molecule has 2 aromatic rings. The van der Waals surface area contributed by atoms with E-state index in [0.717, 1.165) is 12.3 Å². The molecule has 0 aliphatic carbocycles. The normalized spacial score (nSPS) is 17.6. The third-order valence-corrected chi connectivity index (χ3v) is 3.40. The van der Waals surface area contributed by atoms with Crippen molar-refractivity contribution in [1.29, 1.82) is 0 Å². The first-order valence-corrected chi connectivity index (χ1v) is 6.81. The fraction of sp³-hybridized carbons (Fsp3) is 0.231. The van der Waals surface area contributed by atoms with Gasteiger partial charge in [0.2, 0.25) is 0 Å². The molecule has 0 bridgehead atoms. The zero-order valence-corrected chi connectivity index (χ0v) is 11.7. The van der Waals surface area contributed by atoms with Crippen LogP contribution in [0.25, 0.3) is 0 Å². The number of rotatable bonds is 3. The van der Waals surface area contributed by atoms with E-state index < -0.39 is 0 Å². The van der Waals surface area contributed by atoms with Gasteiger partial charge in [0.05, 0.1) is 5.69 Å². The monoisotopic (exact) mass is 304 g/mol. The number of nitrogens with zero attached hydrogens (tertiary/aromatic N) is 4. The summed E-state index contributed by atoms with van der Waals surface area (Å²) in [6.07, 6.45) is 5.15. The molecule has 108 valence electrons. The van der Waals surface area contributed by atoms with Crippen molar-refractivity contribution in [3.05, 3.63) is 41.3 Å². The quantitative estimate of drug-likeness (QED) is 0.755. The molecule has 1 aliphatic heterocycles. The molecule has 21 heavy (non-hydrogen) atoms. The number of anilines is 1. The summed E-state index contributed by atoms with van der Waals surface area (Å²) in [6, 6.07) is 4.90. The lowest BCUT2D eigenvalue weighted by atomic mass is 9.97. The van der Waals surface area contributed by atoms with Crippen molar-refractivity contribution >= 4 is 23.1 Å². The Morgan fingerprint density at radius 2 is 2.33 bits per heavy atom. The highest BCUT2D eigenvalue weighted by Gasteiger charge is 2.20. The van der Waals surface area contributed by atoms with Crippen LogP contribution in [0.2, 0.25) is 5.02 Å². The average Bonchev–Trinajstić information content (AvgIpc) is 2.97. The molecule has 0 saturated heterocycles. The number of aliphatic imine (C=N–C) groups is 1. The summed E-state index contributed by atoms with van der Waals surface area (Å²) in [5.41, 5.74) is 0.562. The van der Waals surface area contributed by atoms with Crippen molar-refractivity contribution in [1.82, 2.24) is 20.6 Å². The molecule has 1 aliphatic rings. The van der Waals surface area contributed by atoms with Gasteiger partial charge in [0.1, 0.15) is 11.6 Å². The minimum Gasteiger partial charge on any atom is -0.506 e. The second-order valence-electron chi connectivity index (χ2n) is 4.65. The van der Waals surface area contributed by atoms with Gasteiger partial charge < -0.3 is 10.4 Å². The molecular weight excluding hydrogens is 292 g/mol. The van der Waals surface area contributed by atoms with E-state index in [2.05, 4.69) is 30.9 Å². The molecule has 1 aromatic heterocycles. The number of hydrogen-bond acceptors (Lipinski definition) is 6. The van der Waals surface area contributed by atoms with Crippen LogP contribution in [0.1, 0.15) is 12.2 Å². The Balaban J connectivity index is 1.78. The summed E-state index contributed by atoms with van der Waals surface area (Å²) in [5, 5.41) is 27.4. The number of hydrogen-bond donors (Lipinski definition) is 3. The Morgan fingerprint density at radius 3 is 3.10 bits per heavy atom. The number of aromatic nitrogens is 4. The first-order chi connectivity index (χ1) is 10.2. The number of nitrogens with one attached hydrogen (secondary N) is 2. The van der Waals surface area contributed by atoms with E-state index in [1.807, 2.05) is 6.08 Å². The SMILES string of the molecule is Oc1cc(Cl)ccc1NC1=NC=CCC1Cc1nn[nH]n1. The van der Waals surface area contributed by atoms with E-state index in [0.29, 0.717) is 23.0 Å². The van der Waals surface area contributed by atoms with Gasteiger partial charge in [-0.15, -0.1) is 10.2 Å². The number of phenols is 1. The molecule has 0 spiro atoms. The number of amidine groups is 1. The van der Waals surface area contributed by atoms with Crippen LogP contribution in [0.3, 0.4) is 0 Å². The zero-order chi connectivity index (χ0) is 14.7. The van der Waals surface area contributed by atoms with Crippen molar-refractivity contribution in [2.45, 2.75) is 12.8 Å². The summed E-state index contributed by atoms with van der Waals surface area (Å²) in [6.45, 7) is 0. The van der Waals surface area contributed by atoms with E-state index in [1.165, 1.54) is 6.07 Å². The molecule has 0 radical (unpaired) electrons. The fourth-order valence-corrected chi connectivity index (χ4v) is 2.29. The predicted molar refractivity (Wildman–Crippen MR) is 79.3 cm³/mol. The van der Waals surface area contributed by atoms with Crippen LogP contribution in [0.15, 0.2) is 35.5 Å². The van der Waals surface area contributed by atoms with Crippen molar-refractivity contribution in [3.63, 3.8) is 0 Å². The Morgan fingerprint density at radius 1 is 1.43 bits per heavy atom. The highest BCUT2D eigenvalue weighted by atomic mass is 35.5. The van der Waals surface area contributed by atoms with Gasteiger partial charge in [0, 0.05) is 29.6 Å². The Labute approximate surface area is 125 Å². The van der Waals surface area contributed by atoms with Crippen LogP contribution < -0.4 is 5.32 Å². The van der Waals surface area contributed by atoms with Crippen LogP contribution in [-0.4, -0.2) is 31.6 Å². The number of allylic oxidation sites excluding steroid dienone is 1. The number of aromatic hydroxyl groups is 1. The van der Waals surface area contributed by atoms with Crippen molar-refractivity contribution in [2.24, 2.45) is 10.9 Å². The standard InChI is InChI=1S/C13H13ClN6O/c14-9-3-4-10(11(21)7-9)16-13-8(2-1-5-15-13)6-12-17-19-20-18-12/h1,3-5,7-8,21H,2,6H2,(H,15,16)(H,17,18,19,20). The molecule has 3 rings (SSSR count). The highest BCUT2D eigenvalue weighted by Crippen LogP contribution is 2.28. The molecule has 3 N–H and O–H groups in total. The molecule has 1 unspecified atom stereocenters. The number of phenolic OH excluding ortho intramolecular Hbond substituents is 1. The summed E-state index contributed by atoms with van der Waals surface area (Å²) in [5.74, 6) is 1.56. The van der Waals surface area contributed by atoms with Crippen molar-refractivity contribution < 1.29 is 5.11 Å². The van der Waals surface area contributed by atoms with Crippen LogP contribution in [0.5, 0.6) is 5.75 Å². The van der Waals surface area contributed by atoms with E-state index in [-0.39, 0.29) is 11.7 Å². The van der Waals surface area contributed by atoms with Gasteiger partial charge in [-0.2, -0.15) is 5.21 Å². The van der Waals surface area contributed by atoms with Gasteiger partial charge >= 0.3 is 0 Å². The van der Waals surface area contributed by atoms with Gasteiger partial charge in [-0.1, -0.05) is 22.9 Å². The third-order valence-electron chi connectivity index (χ3n) is 3.17. The van der Waals surface area contributed by atoms with Crippen LogP contribution >= 0.6 is 11.6 Å². The summed E-state index contributed by atoms with van der Waals surface area (Å²) < 4.78 is 0. The number of H-pyrrole nitrogens is 1. The van der Waals surface area contributed by atoms with Crippen LogP contribution in [0, 0.1) is 5.92 Å². The van der Waals surface area contributed by atoms with Crippen LogP contribution in [-0.2, 0) is 6.42 Å². The Bertz CT molecular complexity index is 682. The number of benzene rings is 1. The van der Waals surface area contributed by atoms with E-state index in [1.54, 1.807) is 18.3 Å². The van der Waals surface area contributed by atoms with Gasteiger partial charge in [0.15, 0.2) is 5.82 Å². The first-order valence-electron chi connectivity index (χ1n) is 6.43. The summed E-state index contributed by atoms with van der Waals surface area (Å²) >= 11 is 5.83. The molecule has 8 heteroatoms. The lowest BCUT2D eigenvalue weighted by Crippen LogP contribution is -2.26. The minimum atomic E-state index is 0.0815.